The number of aromatic nitrogens is 3. The van der Waals surface area contributed by atoms with E-state index in [1.54, 1.807) is 54.1 Å². The van der Waals surface area contributed by atoms with Crippen LogP contribution in [0.3, 0.4) is 0 Å². The molecule has 5 rings (SSSR count). The maximum atomic E-state index is 13.5. The highest BCUT2D eigenvalue weighted by Crippen LogP contribution is 2.18. The van der Waals surface area contributed by atoms with Gasteiger partial charge in [-0.25, -0.2) is 9.78 Å². The van der Waals surface area contributed by atoms with Crippen molar-refractivity contribution in [3.63, 3.8) is 0 Å². The second-order valence-electron chi connectivity index (χ2n) is 8.67. The van der Waals surface area contributed by atoms with E-state index in [9.17, 15) is 14.4 Å². The number of hydrogen-bond acceptors (Lipinski definition) is 6. The quantitative estimate of drug-likeness (QED) is 0.317. The van der Waals surface area contributed by atoms with Gasteiger partial charge in [0, 0.05) is 18.4 Å². The van der Waals surface area contributed by atoms with Crippen LogP contribution < -0.4 is 11.0 Å². The zero-order valence-electron chi connectivity index (χ0n) is 20.1. The minimum Gasteiger partial charge on any atom is -0.462 e. The first-order valence-corrected chi connectivity index (χ1v) is 12.0. The van der Waals surface area contributed by atoms with Crippen LogP contribution in [0.1, 0.15) is 46.0 Å². The molecule has 0 N–H and O–H groups in total. The van der Waals surface area contributed by atoms with E-state index in [0.29, 0.717) is 23.5 Å². The molecule has 9 heteroatoms. The van der Waals surface area contributed by atoms with Crippen molar-refractivity contribution in [1.29, 1.82) is 0 Å². The van der Waals surface area contributed by atoms with Crippen molar-refractivity contribution in [2.24, 2.45) is 4.99 Å². The van der Waals surface area contributed by atoms with E-state index < -0.39 is 11.9 Å². The monoisotopic (exact) mass is 486 g/mol. The van der Waals surface area contributed by atoms with Crippen molar-refractivity contribution in [2.75, 3.05) is 13.2 Å². The number of pyridine rings is 2. The number of hydrogen-bond donors (Lipinski definition) is 0. The van der Waals surface area contributed by atoms with Crippen molar-refractivity contribution >= 4 is 28.6 Å². The average Bonchev–Trinajstić information content (AvgIpc) is 3.40. The Hall–Kier alpha value is -4.11. The Bertz CT molecular complexity index is 1600. The van der Waals surface area contributed by atoms with Crippen LogP contribution in [0.25, 0.3) is 16.7 Å². The van der Waals surface area contributed by atoms with E-state index in [1.165, 1.54) is 10.5 Å². The molecule has 1 aliphatic heterocycles. The van der Waals surface area contributed by atoms with Crippen molar-refractivity contribution < 1.29 is 19.1 Å². The average molecular weight is 487 g/mol. The number of nitrogens with zero attached hydrogens (tertiary/aromatic N) is 4. The van der Waals surface area contributed by atoms with Crippen LogP contribution in [0, 0.1) is 6.92 Å². The summed E-state index contributed by atoms with van der Waals surface area (Å²) in [5, 5.41) is 0.227. The van der Waals surface area contributed by atoms with Crippen LogP contribution in [-0.2, 0) is 16.0 Å². The molecular formula is C27H26N4O5. The molecule has 1 fully saturated rings. The van der Waals surface area contributed by atoms with Crippen LogP contribution in [-0.4, -0.2) is 45.1 Å². The largest absolute Gasteiger partial charge is 0.462 e. The summed E-state index contributed by atoms with van der Waals surface area (Å²) >= 11 is 0. The number of carbonyl (C=O) groups excluding carboxylic acids is 2. The number of esters is 1. The molecule has 0 bridgehead atoms. The fraction of sp³-hybridized carbons (Fsp3) is 0.296. The van der Waals surface area contributed by atoms with Crippen molar-refractivity contribution in [1.82, 2.24) is 14.0 Å². The van der Waals surface area contributed by atoms with Gasteiger partial charge < -0.3 is 14.0 Å². The number of ether oxygens (including phenoxy) is 2. The molecule has 1 unspecified atom stereocenters. The molecule has 36 heavy (non-hydrogen) atoms. The predicted octanol–water partition coefficient (Wildman–Crippen LogP) is 3.05. The Morgan fingerprint density at radius 2 is 1.97 bits per heavy atom. The molecule has 4 heterocycles. The van der Waals surface area contributed by atoms with Crippen LogP contribution >= 0.6 is 0 Å². The summed E-state index contributed by atoms with van der Waals surface area (Å²) in [6.45, 7) is 4.59. The van der Waals surface area contributed by atoms with Gasteiger partial charge in [-0.05, 0) is 56.5 Å². The van der Waals surface area contributed by atoms with Crippen LogP contribution in [0.4, 0.5) is 0 Å². The van der Waals surface area contributed by atoms with Gasteiger partial charge in [-0.15, -0.1) is 0 Å². The topological polar surface area (TPSA) is 104 Å². The van der Waals surface area contributed by atoms with E-state index >= 15 is 0 Å². The Morgan fingerprint density at radius 3 is 2.69 bits per heavy atom. The summed E-state index contributed by atoms with van der Waals surface area (Å²) in [4.78, 5) is 49.0. The molecule has 184 valence electrons. The molecule has 1 saturated heterocycles. The van der Waals surface area contributed by atoms with Crippen molar-refractivity contribution in [3.05, 3.63) is 87.3 Å². The third-order valence-electron chi connectivity index (χ3n) is 6.24. The number of fused-ring (bicyclic) bond motifs is 2. The smallest absolute Gasteiger partial charge is 0.341 e. The Labute approximate surface area is 206 Å². The normalized spacial score (nSPS) is 16.1. The highest BCUT2D eigenvalue weighted by Gasteiger charge is 2.24. The summed E-state index contributed by atoms with van der Waals surface area (Å²) in [5.74, 6) is -1.19. The fourth-order valence-electron chi connectivity index (χ4n) is 4.47. The third kappa shape index (κ3) is 4.33. The highest BCUT2D eigenvalue weighted by atomic mass is 16.5. The summed E-state index contributed by atoms with van der Waals surface area (Å²) in [7, 11) is 0. The van der Waals surface area contributed by atoms with Gasteiger partial charge in [0.2, 0.25) is 0 Å². The maximum absolute atomic E-state index is 13.5. The van der Waals surface area contributed by atoms with Gasteiger partial charge in [0.25, 0.3) is 11.5 Å². The molecule has 0 radical (unpaired) electrons. The molecule has 4 aromatic rings. The molecule has 0 saturated carbocycles. The number of amides is 1. The van der Waals surface area contributed by atoms with E-state index in [4.69, 9.17) is 14.5 Å². The van der Waals surface area contributed by atoms with Gasteiger partial charge in [-0.2, -0.15) is 4.99 Å². The number of carbonyl (C=O) groups is 2. The third-order valence-corrected chi connectivity index (χ3v) is 6.24. The minimum atomic E-state index is -0.672. The summed E-state index contributed by atoms with van der Waals surface area (Å²) in [5.41, 5.74) is 1.80. The Kier molecular flexibility index (Phi) is 6.47. The second kappa shape index (κ2) is 9.87. The lowest BCUT2D eigenvalue weighted by atomic mass is 10.1. The van der Waals surface area contributed by atoms with Gasteiger partial charge >= 0.3 is 5.97 Å². The van der Waals surface area contributed by atoms with Gasteiger partial charge in [-0.1, -0.05) is 24.3 Å². The number of benzene rings is 1. The zero-order valence-corrected chi connectivity index (χ0v) is 20.1. The number of rotatable bonds is 5. The standard InChI is InChI=1S/C27H26N4O5/c1-3-35-27(34)21-15-20-23(28-22-17(2)9-7-13-30(22)26(20)33)31(16-19-12-8-14-36-19)24(21)29-25(32)18-10-5-4-6-11-18/h4-7,9-11,13,15,19H,3,8,12,14,16H2,1-2H3. The molecule has 1 aliphatic rings. The van der Waals surface area contributed by atoms with Gasteiger partial charge in [0.1, 0.15) is 16.9 Å². The summed E-state index contributed by atoms with van der Waals surface area (Å²) < 4.78 is 14.3. The molecule has 3 aromatic heterocycles. The van der Waals surface area contributed by atoms with E-state index in [-0.39, 0.29) is 41.3 Å². The summed E-state index contributed by atoms with van der Waals surface area (Å²) in [6, 6.07) is 13.7. The molecular weight excluding hydrogens is 460 g/mol. The maximum Gasteiger partial charge on any atom is 0.341 e. The first kappa shape index (κ1) is 23.6. The lowest BCUT2D eigenvalue weighted by Gasteiger charge is -2.18. The molecule has 0 spiro atoms. The van der Waals surface area contributed by atoms with Crippen molar-refractivity contribution in [3.8, 4) is 0 Å². The lowest BCUT2D eigenvalue weighted by molar-refractivity contribution is 0.0521. The van der Waals surface area contributed by atoms with Gasteiger partial charge in [-0.3, -0.25) is 14.0 Å². The predicted molar refractivity (Wildman–Crippen MR) is 133 cm³/mol. The first-order valence-electron chi connectivity index (χ1n) is 12.0. The summed E-state index contributed by atoms with van der Waals surface area (Å²) in [6.07, 6.45) is 3.17. The van der Waals surface area contributed by atoms with Crippen LogP contribution in [0.5, 0.6) is 0 Å². The van der Waals surface area contributed by atoms with Crippen molar-refractivity contribution in [2.45, 2.75) is 39.3 Å². The molecule has 1 aromatic carbocycles. The van der Waals surface area contributed by atoms with Gasteiger partial charge in [0.15, 0.2) is 5.49 Å². The van der Waals surface area contributed by atoms with E-state index in [1.807, 2.05) is 13.0 Å². The lowest BCUT2D eigenvalue weighted by Crippen LogP contribution is -2.35. The second-order valence-corrected chi connectivity index (χ2v) is 8.67. The minimum absolute atomic E-state index is 0.0260. The van der Waals surface area contributed by atoms with Crippen LogP contribution in [0.2, 0.25) is 0 Å². The van der Waals surface area contributed by atoms with Crippen LogP contribution in [0.15, 0.2) is 64.5 Å². The van der Waals surface area contributed by atoms with E-state index in [0.717, 1.165) is 18.4 Å². The fourth-order valence-corrected chi connectivity index (χ4v) is 4.47. The molecule has 1 atom stereocenters. The number of aryl methyl sites for hydroxylation is 1. The first-order chi connectivity index (χ1) is 17.5. The zero-order chi connectivity index (χ0) is 25.2. The molecule has 1 amide bonds. The highest BCUT2D eigenvalue weighted by molar-refractivity contribution is 5.97. The molecule has 9 nitrogen and oxygen atoms in total. The Morgan fingerprint density at radius 1 is 1.17 bits per heavy atom. The van der Waals surface area contributed by atoms with E-state index in [2.05, 4.69) is 4.99 Å². The van der Waals surface area contributed by atoms with Gasteiger partial charge in [0.05, 0.1) is 24.6 Å². The Balaban J connectivity index is 1.89. The SMILES string of the molecule is CCOC(=O)c1cc2c(=O)n3cccc(C)c3nc2n(CC2CCCO2)c1=NC(=O)c1ccccc1. The molecule has 0 aliphatic carbocycles.